The third kappa shape index (κ3) is 3.51. The lowest BCUT2D eigenvalue weighted by atomic mass is 9.55. The molecule has 0 radical (unpaired) electrons. The summed E-state index contributed by atoms with van der Waals surface area (Å²) in [5.74, 6) is -3.34. The predicted molar refractivity (Wildman–Crippen MR) is 137 cm³/mol. The van der Waals surface area contributed by atoms with Crippen molar-refractivity contribution < 1.29 is 28.7 Å². The zero-order valence-corrected chi connectivity index (χ0v) is 20.9. The van der Waals surface area contributed by atoms with Crippen LogP contribution in [0.1, 0.15) is 41.0 Å². The molecule has 4 aliphatic rings. The van der Waals surface area contributed by atoms with E-state index in [2.05, 4.69) is 5.32 Å². The number of nitrogens with one attached hydrogen (secondary N) is 1. The number of rotatable bonds is 6. The first-order chi connectivity index (χ1) is 18.4. The number of imide groups is 1. The van der Waals surface area contributed by atoms with Gasteiger partial charge in [-0.1, -0.05) is 60.7 Å². The topological polar surface area (TPSA) is 102 Å². The molecule has 3 aliphatic carbocycles. The van der Waals surface area contributed by atoms with E-state index in [1.54, 1.807) is 24.3 Å². The van der Waals surface area contributed by atoms with Crippen LogP contribution in [0.4, 0.5) is 5.69 Å². The lowest BCUT2D eigenvalue weighted by Crippen LogP contribution is -2.45. The molecule has 3 atom stereocenters. The largest absolute Gasteiger partial charge is 0.495 e. The highest BCUT2D eigenvalue weighted by Crippen LogP contribution is 2.61. The summed E-state index contributed by atoms with van der Waals surface area (Å²) in [5.41, 5.74) is 4.67. The van der Waals surface area contributed by atoms with Crippen LogP contribution in [0, 0.1) is 11.8 Å². The van der Waals surface area contributed by atoms with Crippen LogP contribution in [-0.2, 0) is 23.9 Å². The maximum absolute atomic E-state index is 13.8. The van der Waals surface area contributed by atoms with E-state index in [1.165, 1.54) is 14.0 Å². The van der Waals surface area contributed by atoms with Crippen LogP contribution < -0.4 is 10.1 Å². The number of nitrogens with zero attached hydrogens (tertiary/aromatic N) is 1. The Hall–Kier alpha value is -4.46. The molecule has 3 aromatic carbocycles. The van der Waals surface area contributed by atoms with E-state index in [0.29, 0.717) is 11.4 Å². The van der Waals surface area contributed by atoms with Gasteiger partial charge in [0.1, 0.15) is 11.8 Å². The normalized spacial score (nSPS) is 23.3. The van der Waals surface area contributed by atoms with Crippen LogP contribution >= 0.6 is 0 Å². The van der Waals surface area contributed by atoms with Crippen molar-refractivity contribution in [1.29, 1.82) is 0 Å². The van der Waals surface area contributed by atoms with E-state index in [9.17, 15) is 19.2 Å². The van der Waals surface area contributed by atoms with E-state index >= 15 is 0 Å². The number of likely N-dealkylation sites (tertiary alicyclic amines) is 1. The van der Waals surface area contributed by atoms with Gasteiger partial charge < -0.3 is 14.8 Å². The van der Waals surface area contributed by atoms with Crippen LogP contribution in [0.15, 0.2) is 72.8 Å². The quantitative estimate of drug-likeness (QED) is 0.403. The lowest BCUT2D eigenvalue weighted by molar-refractivity contribution is -0.159. The third-order valence-corrected chi connectivity index (χ3v) is 7.94. The Bertz CT molecular complexity index is 1370. The molecule has 8 heteroatoms. The zero-order chi connectivity index (χ0) is 26.6. The smallest absolute Gasteiger partial charge is 0.329 e. The number of carbonyl (C=O) groups is 4. The van der Waals surface area contributed by atoms with Gasteiger partial charge in [0.2, 0.25) is 11.8 Å². The van der Waals surface area contributed by atoms with Crippen molar-refractivity contribution in [1.82, 2.24) is 4.90 Å². The first-order valence-corrected chi connectivity index (χ1v) is 12.6. The summed E-state index contributed by atoms with van der Waals surface area (Å²) in [5, 5.41) is 2.63. The molecular weight excluding hydrogens is 484 g/mol. The average Bonchev–Trinajstić information content (AvgIpc) is 3.21. The van der Waals surface area contributed by atoms with Gasteiger partial charge in [0.15, 0.2) is 6.61 Å². The number of amides is 3. The minimum atomic E-state index is -1.16. The number of hydrogen-bond donors (Lipinski definition) is 1. The Kier molecular flexibility index (Phi) is 5.75. The second-order valence-electron chi connectivity index (χ2n) is 9.84. The van der Waals surface area contributed by atoms with E-state index in [0.717, 1.165) is 27.2 Å². The summed E-state index contributed by atoms with van der Waals surface area (Å²) in [7, 11) is 1.48. The summed E-state index contributed by atoms with van der Waals surface area (Å²) in [6.07, 6.45) is 0. The van der Waals surface area contributed by atoms with Gasteiger partial charge in [-0.2, -0.15) is 0 Å². The van der Waals surface area contributed by atoms with Crippen molar-refractivity contribution in [2.24, 2.45) is 11.8 Å². The second kappa shape index (κ2) is 9.13. The van der Waals surface area contributed by atoms with E-state index in [4.69, 9.17) is 9.47 Å². The number of esters is 1. The van der Waals surface area contributed by atoms with Gasteiger partial charge in [-0.05, 0) is 41.3 Å². The highest BCUT2D eigenvalue weighted by Gasteiger charge is 2.62. The highest BCUT2D eigenvalue weighted by atomic mass is 16.5. The summed E-state index contributed by atoms with van der Waals surface area (Å²) in [6.45, 7) is 0.905. The maximum Gasteiger partial charge on any atom is 0.329 e. The van der Waals surface area contributed by atoms with Crippen molar-refractivity contribution in [3.8, 4) is 5.75 Å². The molecule has 8 nitrogen and oxygen atoms in total. The van der Waals surface area contributed by atoms with Crippen molar-refractivity contribution >= 4 is 29.4 Å². The highest BCUT2D eigenvalue weighted by molar-refractivity contribution is 6.10. The molecule has 1 heterocycles. The standard InChI is InChI=1S/C30H26N2O6/c1-16(30(36)38-15-23(33)31-21-13-7-8-14-22(21)37-2)32-28(34)26-24-17-9-3-4-10-18(17)25(27(26)29(32)35)20-12-6-5-11-19(20)24/h3-14,16,24-27H,15H2,1-2H3,(H,31,33)/t16-,24?,25?,26-,27+/m0/s1. The molecule has 3 amide bonds. The Morgan fingerprint density at radius 3 is 1.79 bits per heavy atom. The molecule has 38 heavy (non-hydrogen) atoms. The Balaban J connectivity index is 1.21. The van der Waals surface area contributed by atoms with Crippen molar-refractivity contribution in [3.05, 3.63) is 95.1 Å². The average molecular weight is 511 g/mol. The molecule has 0 unspecified atom stereocenters. The summed E-state index contributed by atoms with van der Waals surface area (Å²) >= 11 is 0. The number of anilines is 1. The molecule has 1 saturated heterocycles. The van der Waals surface area contributed by atoms with Gasteiger partial charge in [0, 0.05) is 11.8 Å². The second-order valence-corrected chi connectivity index (χ2v) is 9.84. The molecule has 0 aromatic heterocycles. The van der Waals surface area contributed by atoms with Crippen LogP contribution in [0.3, 0.4) is 0 Å². The molecule has 192 valence electrons. The number of benzene rings is 3. The van der Waals surface area contributed by atoms with E-state index in [1.807, 2.05) is 48.5 Å². The minimum Gasteiger partial charge on any atom is -0.495 e. The first kappa shape index (κ1) is 23.9. The van der Waals surface area contributed by atoms with Crippen LogP contribution in [0.25, 0.3) is 0 Å². The summed E-state index contributed by atoms with van der Waals surface area (Å²) in [6, 6.07) is 21.6. The van der Waals surface area contributed by atoms with Crippen molar-refractivity contribution in [3.63, 3.8) is 0 Å². The van der Waals surface area contributed by atoms with Gasteiger partial charge in [0.05, 0.1) is 24.6 Å². The van der Waals surface area contributed by atoms with Gasteiger partial charge in [-0.25, -0.2) is 4.79 Å². The molecule has 7 rings (SSSR count). The fraction of sp³-hybridized carbons (Fsp3) is 0.267. The van der Waals surface area contributed by atoms with Gasteiger partial charge in [-0.3, -0.25) is 19.3 Å². The Labute approximate surface area is 219 Å². The summed E-state index contributed by atoms with van der Waals surface area (Å²) in [4.78, 5) is 53.9. The number of para-hydroxylation sites is 2. The fourth-order valence-corrected chi connectivity index (χ4v) is 6.38. The van der Waals surface area contributed by atoms with Crippen molar-refractivity contribution in [2.45, 2.75) is 24.8 Å². The first-order valence-electron chi connectivity index (χ1n) is 12.6. The third-order valence-electron chi connectivity index (χ3n) is 7.94. The SMILES string of the molecule is COc1ccccc1NC(=O)COC(=O)[C@H](C)N1C(=O)[C@@H]2C3c4ccccc4C(c4ccccc43)[C@@H]2C1=O. The minimum absolute atomic E-state index is 0.256. The molecule has 1 fully saturated rings. The van der Waals surface area contributed by atoms with Crippen LogP contribution in [0.5, 0.6) is 5.75 Å². The summed E-state index contributed by atoms with van der Waals surface area (Å²) < 4.78 is 10.4. The van der Waals surface area contributed by atoms with E-state index < -0.39 is 36.4 Å². The van der Waals surface area contributed by atoms with Crippen molar-refractivity contribution in [2.75, 3.05) is 19.0 Å². The lowest BCUT2D eigenvalue weighted by Gasteiger charge is -2.45. The maximum atomic E-state index is 13.8. The number of methoxy groups -OCH3 is 1. The molecule has 0 spiro atoms. The van der Waals surface area contributed by atoms with Crippen LogP contribution in [-0.4, -0.2) is 48.3 Å². The molecule has 0 saturated carbocycles. The molecule has 1 N–H and O–H groups in total. The number of ether oxygens (including phenoxy) is 2. The fourth-order valence-electron chi connectivity index (χ4n) is 6.38. The van der Waals surface area contributed by atoms with Crippen LogP contribution in [0.2, 0.25) is 0 Å². The van der Waals surface area contributed by atoms with Gasteiger partial charge >= 0.3 is 5.97 Å². The Morgan fingerprint density at radius 1 is 0.816 bits per heavy atom. The zero-order valence-electron chi connectivity index (χ0n) is 20.9. The molecule has 1 aliphatic heterocycles. The molecule has 2 bridgehead atoms. The number of hydrogen-bond acceptors (Lipinski definition) is 6. The molecular formula is C30H26N2O6. The Morgan fingerprint density at radius 2 is 1.29 bits per heavy atom. The number of carbonyl (C=O) groups excluding carboxylic acids is 4. The predicted octanol–water partition coefficient (Wildman–Crippen LogP) is 3.46. The molecule has 3 aromatic rings. The van der Waals surface area contributed by atoms with Gasteiger partial charge in [0.25, 0.3) is 5.91 Å². The van der Waals surface area contributed by atoms with Gasteiger partial charge in [-0.15, -0.1) is 0 Å². The van der Waals surface area contributed by atoms with E-state index in [-0.39, 0.29) is 23.7 Å². The monoisotopic (exact) mass is 510 g/mol.